The topological polar surface area (TPSA) is 98.5 Å². The van der Waals surface area contributed by atoms with Crippen LogP contribution >= 0.6 is 22.9 Å². The summed E-state index contributed by atoms with van der Waals surface area (Å²) in [6, 6.07) is 6.99. The zero-order valence-corrected chi connectivity index (χ0v) is 17.9. The minimum absolute atomic E-state index is 0.0199. The van der Waals surface area contributed by atoms with Crippen LogP contribution in [0.5, 0.6) is 0 Å². The Kier molecular flexibility index (Phi) is 6.59. The quantitative estimate of drug-likeness (QED) is 0.645. The van der Waals surface area contributed by atoms with Gasteiger partial charge in [-0.25, -0.2) is 0 Å². The SMILES string of the molecule is CC(C)[C@@H](C(=O)OCC(=O)Nc1sc2c(c1C(N)=O)CCC2)c1ccc(Cl)cc1. The summed E-state index contributed by atoms with van der Waals surface area (Å²) >= 11 is 7.28. The number of fused-ring (bicyclic) bond motifs is 1. The van der Waals surface area contributed by atoms with Gasteiger partial charge >= 0.3 is 5.97 Å². The third-order valence-electron chi connectivity index (χ3n) is 4.92. The Morgan fingerprint density at radius 3 is 2.52 bits per heavy atom. The van der Waals surface area contributed by atoms with E-state index in [0.29, 0.717) is 15.6 Å². The van der Waals surface area contributed by atoms with Crippen LogP contribution in [0.1, 0.15) is 52.5 Å². The van der Waals surface area contributed by atoms with Crippen molar-refractivity contribution < 1.29 is 19.1 Å². The summed E-state index contributed by atoms with van der Waals surface area (Å²) in [4.78, 5) is 37.8. The molecule has 1 aromatic carbocycles. The molecule has 0 aliphatic heterocycles. The summed E-state index contributed by atoms with van der Waals surface area (Å²) < 4.78 is 5.27. The number of nitrogens with two attached hydrogens (primary N) is 1. The van der Waals surface area contributed by atoms with Gasteiger partial charge in [0.15, 0.2) is 6.61 Å². The van der Waals surface area contributed by atoms with Crippen LogP contribution in [0.4, 0.5) is 5.00 Å². The molecule has 1 atom stereocenters. The monoisotopic (exact) mass is 434 g/mol. The molecule has 0 radical (unpaired) electrons. The molecule has 0 fully saturated rings. The van der Waals surface area contributed by atoms with Crippen molar-refractivity contribution in [3.05, 3.63) is 50.9 Å². The van der Waals surface area contributed by atoms with Gasteiger partial charge in [-0.1, -0.05) is 37.6 Å². The van der Waals surface area contributed by atoms with Crippen LogP contribution in [0.3, 0.4) is 0 Å². The summed E-state index contributed by atoms with van der Waals surface area (Å²) in [7, 11) is 0. The fraction of sp³-hybridized carbons (Fsp3) is 0.381. The highest BCUT2D eigenvalue weighted by Crippen LogP contribution is 2.38. The maximum absolute atomic E-state index is 12.6. The molecule has 2 amide bonds. The molecular weight excluding hydrogens is 412 g/mol. The number of rotatable bonds is 7. The molecule has 1 aliphatic carbocycles. The van der Waals surface area contributed by atoms with Crippen molar-refractivity contribution in [2.24, 2.45) is 11.7 Å². The largest absolute Gasteiger partial charge is 0.455 e. The van der Waals surface area contributed by atoms with Crippen LogP contribution in [0.15, 0.2) is 24.3 Å². The Bertz CT molecular complexity index is 937. The van der Waals surface area contributed by atoms with E-state index in [9.17, 15) is 14.4 Å². The fourth-order valence-corrected chi connectivity index (χ4v) is 5.04. The number of ether oxygens (including phenoxy) is 1. The van der Waals surface area contributed by atoms with E-state index in [0.717, 1.165) is 35.3 Å². The normalized spacial score (nSPS) is 13.8. The van der Waals surface area contributed by atoms with Gasteiger partial charge in [-0.2, -0.15) is 0 Å². The lowest BCUT2D eigenvalue weighted by Crippen LogP contribution is -2.26. The molecule has 0 spiro atoms. The zero-order chi connectivity index (χ0) is 21.1. The smallest absolute Gasteiger partial charge is 0.314 e. The van der Waals surface area contributed by atoms with Gasteiger partial charge in [-0.3, -0.25) is 14.4 Å². The minimum Gasteiger partial charge on any atom is -0.455 e. The summed E-state index contributed by atoms with van der Waals surface area (Å²) in [6.45, 7) is 3.39. The van der Waals surface area contributed by atoms with Crippen LogP contribution in [-0.2, 0) is 27.2 Å². The van der Waals surface area contributed by atoms with Gasteiger partial charge in [-0.15, -0.1) is 11.3 Å². The molecule has 154 valence electrons. The van der Waals surface area contributed by atoms with E-state index in [1.165, 1.54) is 11.3 Å². The third-order valence-corrected chi connectivity index (χ3v) is 6.38. The molecule has 6 nitrogen and oxygen atoms in total. The summed E-state index contributed by atoms with van der Waals surface area (Å²) in [6.07, 6.45) is 2.64. The number of thiophene rings is 1. The Morgan fingerprint density at radius 2 is 1.90 bits per heavy atom. The van der Waals surface area contributed by atoms with Crippen molar-refractivity contribution in [3.63, 3.8) is 0 Å². The van der Waals surface area contributed by atoms with Crippen molar-refractivity contribution >= 4 is 45.7 Å². The molecular formula is C21H23ClN2O4S. The average Bonchev–Trinajstić information content (AvgIpc) is 3.21. The Balaban J connectivity index is 1.65. The predicted molar refractivity (Wildman–Crippen MR) is 113 cm³/mol. The van der Waals surface area contributed by atoms with Gasteiger partial charge in [0.2, 0.25) is 0 Å². The number of hydrogen-bond donors (Lipinski definition) is 2. The van der Waals surface area contributed by atoms with Crippen LogP contribution in [0, 0.1) is 5.92 Å². The van der Waals surface area contributed by atoms with E-state index in [1.807, 2.05) is 13.8 Å². The Labute approximate surface area is 178 Å². The lowest BCUT2D eigenvalue weighted by atomic mass is 9.88. The first-order valence-electron chi connectivity index (χ1n) is 9.44. The molecule has 2 aromatic rings. The van der Waals surface area contributed by atoms with E-state index in [2.05, 4.69) is 5.32 Å². The van der Waals surface area contributed by atoms with Crippen molar-refractivity contribution in [2.45, 2.75) is 39.0 Å². The lowest BCUT2D eigenvalue weighted by Gasteiger charge is -2.19. The molecule has 29 heavy (non-hydrogen) atoms. The van der Waals surface area contributed by atoms with E-state index in [4.69, 9.17) is 22.1 Å². The molecule has 1 heterocycles. The fourth-order valence-electron chi connectivity index (χ4n) is 3.61. The number of aryl methyl sites for hydroxylation is 1. The van der Waals surface area contributed by atoms with Gasteiger partial charge in [0.1, 0.15) is 5.00 Å². The van der Waals surface area contributed by atoms with Crippen molar-refractivity contribution in [2.75, 3.05) is 11.9 Å². The Morgan fingerprint density at radius 1 is 1.21 bits per heavy atom. The number of benzene rings is 1. The lowest BCUT2D eigenvalue weighted by molar-refractivity contribution is -0.149. The number of esters is 1. The highest BCUT2D eigenvalue weighted by atomic mass is 35.5. The standard InChI is InChI=1S/C21H23ClN2O4S/c1-11(2)17(12-6-8-13(22)9-7-12)21(27)28-10-16(25)24-20-18(19(23)26)14-4-3-5-15(14)29-20/h6-9,11,17H,3-5,10H2,1-2H3,(H2,23,26)(H,24,25)/t17-/m1/s1. The molecule has 1 aromatic heterocycles. The first-order valence-corrected chi connectivity index (χ1v) is 10.6. The number of nitrogens with one attached hydrogen (secondary N) is 1. The first-order chi connectivity index (χ1) is 13.8. The van der Waals surface area contributed by atoms with Crippen LogP contribution in [-0.4, -0.2) is 24.4 Å². The molecule has 0 saturated carbocycles. The molecule has 3 rings (SSSR count). The molecule has 0 bridgehead atoms. The van der Waals surface area contributed by atoms with Crippen LogP contribution in [0.2, 0.25) is 5.02 Å². The van der Waals surface area contributed by atoms with Crippen molar-refractivity contribution in [1.82, 2.24) is 0 Å². The summed E-state index contributed by atoms with van der Waals surface area (Å²) in [5.74, 6) is -2.07. The number of halogens is 1. The second-order valence-corrected chi connectivity index (χ2v) is 8.90. The first kappa shape index (κ1) is 21.3. The maximum atomic E-state index is 12.6. The minimum atomic E-state index is -0.556. The van der Waals surface area contributed by atoms with Gasteiger partial charge in [0.25, 0.3) is 11.8 Å². The summed E-state index contributed by atoms with van der Waals surface area (Å²) in [5, 5.41) is 3.69. The molecule has 1 aliphatic rings. The maximum Gasteiger partial charge on any atom is 0.314 e. The van der Waals surface area contributed by atoms with Gasteiger partial charge < -0.3 is 15.8 Å². The van der Waals surface area contributed by atoms with Crippen LogP contribution < -0.4 is 11.1 Å². The van der Waals surface area contributed by atoms with Gasteiger partial charge in [0, 0.05) is 9.90 Å². The highest BCUT2D eigenvalue weighted by Gasteiger charge is 2.28. The zero-order valence-electron chi connectivity index (χ0n) is 16.3. The van der Waals surface area contributed by atoms with Gasteiger partial charge in [-0.05, 0) is 48.4 Å². The number of amides is 2. The number of carbonyl (C=O) groups is 3. The summed E-state index contributed by atoms with van der Waals surface area (Å²) in [5.41, 5.74) is 7.58. The van der Waals surface area contributed by atoms with Crippen LogP contribution in [0.25, 0.3) is 0 Å². The second kappa shape index (κ2) is 8.97. The van der Waals surface area contributed by atoms with E-state index in [-0.39, 0.29) is 5.92 Å². The van der Waals surface area contributed by atoms with Crippen molar-refractivity contribution in [3.8, 4) is 0 Å². The van der Waals surface area contributed by atoms with E-state index < -0.39 is 30.3 Å². The number of anilines is 1. The number of primary amides is 1. The number of carbonyl (C=O) groups excluding carboxylic acids is 3. The van der Waals surface area contributed by atoms with Gasteiger partial charge in [0.05, 0.1) is 11.5 Å². The average molecular weight is 435 g/mol. The molecule has 3 N–H and O–H groups in total. The van der Waals surface area contributed by atoms with E-state index in [1.54, 1.807) is 24.3 Å². The third kappa shape index (κ3) is 4.79. The van der Waals surface area contributed by atoms with Crippen molar-refractivity contribution in [1.29, 1.82) is 0 Å². The second-order valence-electron chi connectivity index (χ2n) is 7.35. The predicted octanol–water partition coefficient (Wildman–Crippen LogP) is 3.91. The molecule has 0 saturated heterocycles. The molecule has 0 unspecified atom stereocenters. The van der Waals surface area contributed by atoms with E-state index >= 15 is 0 Å². The highest BCUT2D eigenvalue weighted by molar-refractivity contribution is 7.17. The number of hydrogen-bond acceptors (Lipinski definition) is 5. The Hall–Kier alpha value is -2.38. The molecule has 8 heteroatoms.